The van der Waals surface area contributed by atoms with E-state index in [4.69, 9.17) is 10.5 Å². The van der Waals surface area contributed by atoms with Crippen LogP contribution in [0.15, 0.2) is 12.1 Å². The molecule has 2 fully saturated rings. The van der Waals surface area contributed by atoms with Crippen molar-refractivity contribution in [1.29, 1.82) is 0 Å². The van der Waals surface area contributed by atoms with E-state index in [1.807, 2.05) is 6.92 Å². The fourth-order valence-electron chi connectivity index (χ4n) is 2.83. The summed E-state index contributed by atoms with van der Waals surface area (Å²) in [5.74, 6) is 0.713. The second-order valence-corrected chi connectivity index (χ2v) is 5.28. The highest BCUT2D eigenvalue weighted by Gasteiger charge is 2.64. The fourth-order valence-corrected chi connectivity index (χ4v) is 2.83. The molecule has 0 saturated heterocycles. The van der Waals surface area contributed by atoms with E-state index in [-0.39, 0.29) is 11.0 Å². The van der Waals surface area contributed by atoms with Gasteiger partial charge in [-0.05, 0) is 44.2 Å². The largest absolute Gasteiger partial charge is 0.481 e. The normalized spacial score (nSPS) is 23.9. The van der Waals surface area contributed by atoms with E-state index < -0.39 is 0 Å². The van der Waals surface area contributed by atoms with Crippen molar-refractivity contribution in [3.63, 3.8) is 0 Å². The molecule has 1 heterocycles. The van der Waals surface area contributed by atoms with Gasteiger partial charge >= 0.3 is 0 Å². The lowest BCUT2D eigenvalue weighted by molar-refractivity contribution is 0.394. The highest BCUT2D eigenvalue weighted by atomic mass is 16.5. The van der Waals surface area contributed by atoms with Gasteiger partial charge in [-0.2, -0.15) is 0 Å². The second-order valence-electron chi connectivity index (χ2n) is 5.28. The van der Waals surface area contributed by atoms with Gasteiger partial charge < -0.3 is 10.5 Å². The van der Waals surface area contributed by atoms with Crippen molar-refractivity contribution in [2.75, 3.05) is 7.11 Å². The molecule has 0 aliphatic heterocycles. The van der Waals surface area contributed by atoms with Crippen LogP contribution in [0, 0.1) is 6.92 Å². The molecule has 3 rings (SSSR count). The lowest BCUT2D eigenvalue weighted by atomic mass is 9.86. The van der Waals surface area contributed by atoms with Crippen molar-refractivity contribution in [3.8, 4) is 5.88 Å². The Kier molecular flexibility index (Phi) is 1.88. The number of rotatable bonds is 3. The first-order valence-corrected chi connectivity index (χ1v) is 5.92. The maximum atomic E-state index is 6.40. The molecule has 86 valence electrons. The minimum absolute atomic E-state index is 0.0613. The van der Waals surface area contributed by atoms with Crippen LogP contribution in [0.3, 0.4) is 0 Å². The predicted octanol–water partition coefficient (Wildman–Crippen LogP) is 1.92. The Balaban J connectivity index is 2.03. The Bertz CT molecular complexity index is 434. The number of aromatic nitrogens is 1. The van der Waals surface area contributed by atoms with E-state index in [9.17, 15) is 0 Å². The highest BCUT2D eigenvalue weighted by molar-refractivity contribution is 5.43. The summed E-state index contributed by atoms with van der Waals surface area (Å²) in [6, 6.07) is 4.23. The summed E-state index contributed by atoms with van der Waals surface area (Å²) in [7, 11) is 1.67. The zero-order chi connectivity index (χ0) is 11.4. The Hall–Kier alpha value is -1.09. The molecule has 2 aliphatic rings. The molecule has 0 amide bonds. The average Bonchev–Trinajstić information content (AvgIpc) is 3.11. The van der Waals surface area contributed by atoms with Crippen LogP contribution in [0.5, 0.6) is 5.88 Å². The van der Waals surface area contributed by atoms with E-state index in [0.717, 1.165) is 18.5 Å². The van der Waals surface area contributed by atoms with E-state index >= 15 is 0 Å². The number of aryl methyl sites for hydroxylation is 1. The molecular formula is C13H18N2O. The van der Waals surface area contributed by atoms with Crippen LogP contribution >= 0.6 is 0 Å². The van der Waals surface area contributed by atoms with Gasteiger partial charge in [-0.1, -0.05) is 0 Å². The van der Waals surface area contributed by atoms with Crippen LogP contribution in [0.25, 0.3) is 0 Å². The first kappa shape index (κ1) is 10.1. The molecule has 2 saturated carbocycles. The number of hydrogen-bond acceptors (Lipinski definition) is 3. The molecular weight excluding hydrogens is 200 g/mol. The third kappa shape index (κ3) is 1.27. The third-order valence-electron chi connectivity index (χ3n) is 4.18. The van der Waals surface area contributed by atoms with E-state index in [1.165, 1.54) is 18.4 Å². The van der Waals surface area contributed by atoms with Crippen LogP contribution in [0.4, 0.5) is 0 Å². The van der Waals surface area contributed by atoms with Gasteiger partial charge in [-0.3, -0.25) is 0 Å². The van der Waals surface area contributed by atoms with Crippen molar-refractivity contribution >= 4 is 0 Å². The number of methoxy groups -OCH3 is 1. The number of ether oxygens (including phenoxy) is 1. The summed E-state index contributed by atoms with van der Waals surface area (Å²) in [6.45, 7) is 2.01. The molecule has 0 radical (unpaired) electrons. The zero-order valence-corrected chi connectivity index (χ0v) is 9.92. The average molecular weight is 218 g/mol. The minimum Gasteiger partial charge on any atom is -0.481 e. The smallest absolute Gasteiger partial charge is 0.213 e. The third-order valence-corrected chi connectivity index (χ3v) is 4.18. The molecule has 1 aromatic heterocycles. The second kappa shape index (κ2) is 2.98. The first-order chi connectivity index (χ1) is 7.60. The van der Waals surface area contributed by atoms with Crippen LogP contribution < -0.4 is 10.5 Å². The zero-order valence-electron chi connectivity index (χ0n) is 9.92. The molecule has 16 heavy (non-hydrogen) atoms. The molecule has 0 atom stereocenters. The minimum atomic E-state index is 0.0613. The molecule has 0 aromatic carbocycles. The Morgan fingerprint density at radius 3 is 2.44 bits per heavy atom. The maximum Gasteiger partial charge on any atom is 0.213 e. The summed E-state index contributed by atoms with van der Waals surface area (Å²) in [5, 5.41) is 0. The van der Waals surface area contributed by atoms with Crippen LogP contribution in [-0.4, -0.2) is 17.6 Å². The van der Waals surface area contributed by atoms with Crippen molar-refractivity contribution in [1.82, 2.24) is 4.98 Å². The van der Waals surface area contributed by atoms with Crippen LogP contribution in [0.1, 0.15) is 36.9 Å². The van der Waals surface area contributed by atoms with Gasteiger partial charge in [-0.25, -0.2) is 4.98 Å². The van der Waals surface area contributed by atoms with Crippen molar-refractivity contribution in [3.05, 3.63) is 23.4 Å². The quantitative estimate of drug-likeness (QED) is 0.843. The Morgan fingerprint density at radius 2 is 1.94 bits per heavy atom. The van der Waals surface area contributed by atoms with Crippen LogP contribution in [-0.2, 0) is 5.41 Å². The first-order valence-electron chi connectivity index (χ1n) is 5.92. The molecule has 0 unspecified atom stereocenters. The van der Waals surface area contributed by atoms with Gasteiger partial charge in [0.25, 0.3) is 0 Å². The van der Waals surface area contributed by atoms with Crippen molar-refractivity contribution < 1.29 is 4.74 Å². The maximum absolute atomic E-state index is 6.40. The molecule has 0 bridgehead atoms. The Morgan fingerprint density at radius 1 is 1.25 bits per heavy atom. The number of nitrogens with two attached hydrogens (primary N) is 1. The van der Waals surface area contributed by atoms with Crippen molar-refractivity contribution in [2.24, 2.45) is 5.73 Å². The van der Waals surface area contributed by atoms with E-state index in [2.05, 4.69) is 17.1 Å². The molecule has 3 nitrogen and oxygen atoms in total. The van der Waals surface area contributed by atoms with Gasteiger partial charge in [0.15, 0.2) is 0 Å². The van der Waals surface area contributed by atoms with Crippen molar-refractivity contribution in [2.45, 2.75) is 43.6 Å². The van der Waals surface area contributed by atoms with E-state index in [1.54, 1.807) is 7.11 Å². The fraction of sp³-hybridized carbons (Fsp3) is 0.615. The molecule has 0 spiro atoms. The van der Waals surface area contributed by atoms with Gasteiger partial charge in [0.2, 0.25) is 5.88 Å². The predicted molar refractivity (Wildman–Crippen MR) is 62.6 cm³/mol. The summed E-state index contributed by atoms with van der Waals surface area (Å²) in [5.41, 5.74) is 9.04. The van der Waals surface area contributed by atoms with E-state index in [0.29, 0.717) is 5.88 Å². The van der Waals surface area contributed by atoms with Gasteiger partial charge in [0, 0.05) is 22.7 Å². The standard InChI is InChI=1S/C13H18N2O/c1-9-7-10(8-11(15-9)16-2)12(3-4-12)13(14)5-6-13/h7-8H,3-6,14H2,1-2H3. The van der Waals surface area contributed by atoms with Gasteiger partial charge in [0.1, 0.15) is 0 Å². The van der Waals surface area contributed by atoms with Gasteiger partial charge in [0.05, 0.1) is 7.11 Å². The summed E-state index contributed by atoms with van der Waals surface area (Å²) in [4.78, 5) is 4.33. The lowest BCUT2D eigenvalue weighted by Crippen LogP contribution is -2.37. The summed E-state index contributed by atoms with van der Waals surface area (Å²) < 4.78 is 5.24. The molecule has 2 N–H and O–H groups in total. The SMILES string of the molecule is COc1cc(C2(C3(N)CC3)CC2)cc(C)n1. The molecule has 1 aromatic rings. The topological polar surface area (TPSA) is 48.1 Å². The Labute approximate surface area is 96.0 Å². The molecule has 3 heteroatoms. The molecule has 2 aliphatic carbocycles. The van der Waals surface area contributed by atoms with Crippen LogP contribution in [0.2, 0.25) is 0 Å². The lowest BCUT2D eigenvalue weighted by Gasteiger charge is -2.23. The summed E-state index contributed by atoms with van der Waals surface area (Å²) in [6.07, 6.45) is 4.76. The number of pyridine rings is 1. The highest BCUT2D eigenvalue weighted by Crippen LogP contribution is 2.63. The summed E-state index contributed by atoms with van der Waals surface area (Å²) >= 11 is 0. The number of hydrogen-bond donors (Lipinski definition) is 1. The van der Waals surface area contributed by atoms with Gasteiger partial charge in [-0.15, -0.1) is 0 Å². The monoisotopic (exact) mass is 218 g/mol. The number of nitrogens with zero attached hydrogens (tertiary/aromatic N) is 1.